The van der Waals surface area contributed by atoms with Gasteiger partial charge >= 0.3 is 11.9 Å². The first-order chi connectivity index (χ1) is 59.2. The number of para-hydroxylation sites is 2. The molecule has 0 aromatic heterocycles. The second-order valence-electron chi connectivity index (χ2n) is 27.3. The van der Waals surface area contributed by atoms with E-state index < -0.39 is 51.9 Å². The van der Waals surface area contributed by atoms with Crippen molar-refractivity contribution >= 4 is 83.1 Å². The number of carbonyl (C=O) groups is 2. The SMILES string of the molecule is CC(C)(C)OC(=O)c1ccccc1SN(CCOCCO)CCOCCOO.COCCOCCOCCN(CCOCCOCCOC)SCC(=O)OC(C)(C)C.O=[N+]([O-])c1ccccc1SN(CCO)C(CO)(CO)CO.O=[N+]([O-])c1ccccc1SN(CCOCCO)CCOCCOCCO.OCCN(Sc1ccccc1)C(CO)(CO)CO. The molecule has 4 aromatic carbocycles. The van der Waals surface area contributed by atoms with Gasteiger partial charge in [-0.1, -0.05) is 66.5 Å². The molecule has 0 aliphatic heterocycles. The molecular weight excluding hydrogens is 1720 g/mol. The standard InChI is InChI=1S/C20H41NO8S.C19H31NO7S.C16H26N2O7S.C12H18N2O6S.C12H19NO4S/c1-20(2,3)29-19(22)18-30-21(6-8-25-14-16-27-12-10-23-4)7-9-26-15-17-28-13-11-24-5;1-19(2,3)27-18(22)16-6-4-5-7-17(16)28-20(8-11-24-13-10-21)9-12-25-14-15-26-23;19-7-11-23-9-5-17(6-10-24-13-14-25-12-8-20)26-16-4-2-1-3-15(16)18(21)22;15-6-5-13(12(7-16,8-17)9-18)21-11-4-2-1-3-10(11)14(19)20;14-7-6-13(12(8-15,9-16)10-17)18-11-4-2-1-3-5-11/h6-18H2,1-5H3;4-7,21,23H,8-15H2,1-3H3;1-4,19-20H,5-14H2;1-4,15-18H,5-9H2;1-5,14-17H,6-10H2. The summed E-state index contributed by atoms with van der Waals surface area (Å²) in [7, 11) is 3.28. The molecule has 4 rings (SSSR count). The Bertz CT molecular complexity index is 3190. The first-order valence-corrected chi connectivity index (χ1v) is 43.6. The van der Waals surface area contributed by atoms with E-state index in [9.17, 15) is 60.5 Å². The summed E-state index contributed by atoms with van der Waals surface area (Å²) in [6.07, 6.45) is 0. The largest absolute Gasteiger partial charge is 0.459 e. The van der Waals surface area contributed by atoms with Crippen molar-refractivity contribution in [2.24, 2.45) is 0 Å². The number of aliphatic hydroxyl groups excluding tert-OH is 11. The minimum Gasteiger partial charge on any atom is -0.459 e. The van der Waals surface area contributed by atoms with Gasteiger partial charge in [0.05, 0.1) is 220 Å². The molecule has 44 heteroatoms. The van der Waals surface area contributed by atoms with Crippen molar-refractivity contribution < 1.29 is 147 Å². The highest BCUT2D eigenvalue weighted by atomic mass is 32.2. The van der Waals surface area contributed by atoms with Crippen LogP contribution in [0.1, 0.15) is 51.9 Å². The normalized spacial score (nSPS) is 11.7. The number of carbonyl (C=O) groups excluding carboxylic acids is 2. The van der Waals surface area contributed by atoms with Crippen LogP contribution in [0.15, 0.2) is 123 Å². The van der Waals surface area contributed by atoms with Gasteiger partial charge < -0.3 is 118 Å². The van der Waals surface area contributed by atoms with Gasteiger partial charge in [0.25, 0.3) is 11.4 Å². The van der Waals surface area contributed by atoms with Gasteiger partial charge in [0.2, 0.25) is 0 Å². The van der Waals surface area contributed by atoms with E-state index in [1.54, 1.807) is 54.9 Å². The van der Waals surface area contributed by atoms with Gasteiger partial charge in [-0.05, 0) is 126 Å². The molecule has 0 bridgehead atoms. The Morgan fingerprint density at radius 3 is 1.04 bits per heavy atom. The minimum atomic E-state index is -1.39. The van der Waals surface area contributed by atoms with Gasteiger partial charge in [-0.15, -0.1) is 0 Å². The molecule has 0 radical (unpaired) electrons. The average Bonchev–Trinajstić information content (AvgIpc) is 0.818. The number of ether oxygens (including phenoxy) is 13. The van der Waals surface area contributed by atoms with Crippen molar-refractivity contribution in [3.05, 3.63) is 129 Å². The number of nitro benzene ring substituents is 2. The zero-order chi connectivity index (χ0) is 91.7. The molecular formula is C79H135N7O32S5. The summed E-state index contributed by atoms with van der Waals surface area (Å²) in [5, 5.41) is 131. The summed E-state index contributed by atoms with van der Waals surface area (Å²) >= 11 is 6.31. The van der Waals surface area contributed by atoms with E-state index in [4.69, 9.17) is 92.4 Å². The molecule has 0 amide bonds. The zero-order valence-corrected chi connectivity index (χ0v) is 76.1. The van der Waals surface area contributed by atoms with Gasteiger partial charge in [-0.3, -0.25) is 30.3 Å². The van der Waals surface area contributed by atoms with Crippen LogP contribution < -0.4 is 0 Å². The Hall–Kier alpha value is -4.79. The highest BCUT2D eigenvalue weighted by molar-refractivity contribution is 7.98. The molecule has 0 saturated heterocycles. The smallest absolute Gasteiger partial charge is 0.339 e. The van der Waals surface area contributed by atoms with Crippen molar-refractivity contribution in [2.75, 3.05) is 284 Å². The molecule has 0 fully saturated rings. The number of hydrogen-bond donors (Lipinski definition) is 12. The van der Waals surface area contributed by atoms with Crippen LogP contribution in [0.25, 0.3) is 0 Å². The Balaban J connectivity index is 0.00000153. The predicted octanol–water partition coefficient (Wildman–Crippen LogP) is 4.36. The molecule has 0 atom stereocenters. The summed E-state index contributed by atoms with van der Waals surface area (Å²) < 4.78 is 78.2. The van der Waals surface area contributed by atoms with Gasteiger partial charge in [-0.2, -0.15) is 0 Å². The Morgan fingerprint density at radius 1 is 0.358 bits per heavy atom. The third-order valence-corrected chi connectivity index (χ3v) is 21.4. The third kappa shape index (κ3) is 58.4. The number of β-amino-alcohol motifs (C(OH)–C–C–N with tert-alkyl or cyclic N) is 2. The number of esters is 2. The highest BCUT2D eigenvalue weighted by Gasteiger charge is 2.38. The van der Waals surface area contributed by atoms with E-state index in [-0.39, 0.29) is 133 Å². The van der Waals surface area contributed by atoms with Crippen LogP contribution in [0.5, 0.6) is 0 Å². The number of nitro groups is 2. The van der Waals surface area contributed by atoms with Crippen LogP contribution in [-0.4, -0.2) is 411 Å². The Kier molecular flexibility index (Phi) is 73.1. The molecule has 0 aliphatic rings. The van der Waals surface area contributed by atoms with Crippen molar-refractivity contribution in [3.8, 4) is 0 Å². The lowest BCUT2D eigenvalue weighted by Gasteiger charge is -2.38. The molecule has 123 heavy (non-hydrogen) atoms. The fourth-order valence-electron chi connectivity index (χ4n) is 9.14. The third-order valence-electron chi connectivity index (χ3n) is 15.4. The maximum absolute atomic E-state index is 12.5. The van der Waals surface area contributed by atoms with Gasteiger partial charge in [0, 0.05) is 88.5 Å². The summed E-state index contributed by atoms with van der Waals surface area (Å²) in [5.41, 5.74) is -3.18. The predicted molar refractivity (Wildman–Crippen MR) is 467 cm³/mol. The van der Waals surface area contributed by atoms with Gasteiger partial charge in [0.1, 0.15) is 44.4 Å². The molecule has 39 nitrogen and oxygen atoms in total. The first kappa shape index (κ1) is 118. The van der Waals surface area contributed by atoms with Crippen LogP contribution in [0.2, 0.25) is 0 Å². The van der Waals surface area contributed by atoms with Crippen LogP contribution in [0, 0.1) is 20.2 Å². The quantitative estimate of drug-likeness (QED) is 0.00729. The Labute approximate surface area is 743 Å². The lowest BCUT2D eigenvalue weighted by Crippen LogP contribution is -2.55. The van der Waals surface area contributed by atoms with Gasteiger partial charge in [-0.25, -0.2) is 31.2 Å². The number of nitrogens with zero attached hydrogens (tertiary/aromatic N) is 7. The van der Waals surface area contributed by atoms with Crippen LogP contribution in [0.4, 0.5) is 11.4 Å². The number of rotatable bonds is 68. The summed E-state index contributed by atoms with van der Waals surface area (Å²) in [5.74, 6) is -0.363. The molecule has 0 aliphatic carbocycles. The zero-order valence-electron chi connectivity index (χ0n) is 72.0. The van der Waals surface area contributed by atoms with Crippen molar-refractivity contribution in [3.63, 3.8) is 0 Å². The fraction of sp³-hybridized carbons (Fsp3) is 0.671. The molecule has 0 spiro atoms. The maximum Gasteiger partial charge on any atom is 0.339 e. The second kappa shape index (κ2) is 76.1. The monoisotopic (exact) mass is 1850 g/mol. The number of hydrogen-bond acceptors (Lipinski definition) is 42. The van der Waals surface area contributed by atoms with E-state index in [1.807, 2.05) is 92.6 Å². The fourth-order valence-corrected chi connectivity index (χ4v) is 14.1. The number of benzene rings is 4. The van der Waals surface area contributed by atoms with Crippen LogP contribution >= 0.6 is 59.7 Å². The average molecular weight is 1860 g/mol. The van der Waals surface area contributed by atoms with Crippen molar-refractivity contribution in [2.45, 2.75) is 83.4 Å². The molecule has 4 aromatic rings. The van der Waals surface area contributed by atoms with E-state index in [0.717, 1.165) is 21.7 Å². The topological polar surface area (TPSA) is 509 Å². The lowest BCUT2D eigenvalue weighted by atomic mass is 10.0. The minimum absolute atomic E-state index is 0.0123. The highest BCUT2D eigenvalue weighted by Crippen LogP contribution is 2.37. The molecule has 708 valence electrons. The first-order valence-electron chi connectivity index (χ1n) is 39.6. The summed E-state index contributed by atoms with van der Waals surface area (Å²) in [4.78, 5) is 52.2. The summed E-state index contributed by atoms with van der Waals surface area (Å²) in [6, 6.07) is 29.2. The van der Waals surface area contributed by atoms with E-state index in [1.165, 1.54) is 76.4 Å². The maximum atomic E-state index is 12.5. The lowest BCUT2D eigenvalue weighted by molar-refractivity contribution is -0.387. The van der Waals surface area contributed by atoms with Crippen LogP contribution in [-0.2, 0) is 71.3 Å². The van der Waals surface area contributed by atoms with Crippen LogP contribution in [0.3, 0.4) is 0 Å². The van der Waals surface area contributed by atoms with Crippen molar-refractivity contribution in [1.29, 1.82) is 0 Å². The van der Waals surface area contributed by atoms with Crippen molar-refractivity contribution in [1.82, 2.24) is 21.5 Å². The Morgan fingerprint density at radius 2 is 0.675 bits per heavy atom. The van der Waals surface area contributed by atoms with Gasteiger partial charge in [0.15, 0.2) is 0 Å². The molecule has 0 unspecified atom stereocenters. The van der Waals surface area contributed by atoms with E-state index in [2.05, 4.69) is 9.19 Å². The van der Waals surface area contributed by atoms with E-state index >= 15 is 0 Å². The second-order valence-corrected chi connectivity index (χ2v) is 32.8. The summed E-state index contributed by atoms with van der Waals surface area (Å²) in [6.45, 7) is 20.6. The van der Waals surface area contributed by atoms with E-state index in [0.29, 0.717) is 155 Å². The number of aliphatic hydroxyl groups is 11. The molecule has 0 saturated carbocycles. The number of methoxy groups -OCH3 is 2. The molecule has 0 heterocycles. The molecule has 12 N–H and O–H groups in total.